The number of nitrogens with zero attached hydrogens (tertiary/aromatic N) is 3. The zero-order chi connectivity index (χ0) is 34.6. The van der Waals surface area contributed by atoms with Crippen LogP contribution in [0.2, 0.25) is 0 Å². The van der Waals surface area contributed by atoms with Gasteiger partial charge in [0.15, 0.2) is 0 Å². The van der Waals surface area contributed by atoms with Crippen molar-refractivity contribution < 1.29 is 38.7 Å². The summed E-state index contributed by atoms with van der Waals surface area (Å²) < 4.78 is 23.2. The lowest BCUT2D eigenvalue weighted by molar-refractivity contribution is 0.0109. The van der Waals surface area contributed by atoms with E-state index >= 15 is 0 Å². The lowest BCUT2D eigenvalue weighted by Gasteiger charge is -2.11. The molecule has 2 aromatic heterocycles. The van der Waals surface area contributed by atoms with Crippen LogP contribution in [0.5, 0.6) is 5.75 Å². The van der Waals surface area contributed by atoms with Gasteiger partial charge in [0.1, 0.15) is 23.2 Å². The average molecular weight is 687 g/mol. The Kier molecular flexibility index (Phi) is 12.5. The normalized spacial score (nSPS) is 11.1. The topological polar surface area (TPSA) is 153 Å². The summed E-state index contributed by atoms with van der Waals surface area (Å²) in [4.78, 5) is 33.7. The average Bonchev–Trinajstić information content (AvgIpc) is 3.54. The third-order valence-electron chi connectivity index (χ3n) is 7.33. The first-order valence-electron chi connectivity index (χ1n) is 15.6. The Bertz CT molecular complexity index is 1840. The maximum absolute atomic E-state index is 11.3. The van der Waals surface area contributed by atoms with Gasteiger partial charge < -0.3 is 39.4 Å². The molecule has 0 bridgehead atoms. The van der Waals surface area contributed by atoms with Gasteiger partial charge in [-0.2, -0.15) is 0 Å². The van der Waals surface area contributed by atoms with Crippen LogP contribution in [0.1, 0.15) is 20.7 Å². The highest BCUT2D eigenvalue weighted by Gasteiger charge is 2.17. The maximum Gasteiger partial charge on any atom is 0.336 e. The van der Waals surface area contributed by atoms with Crippen LogP contribution in [0, 0.1) is 0 Å². The Hall–Kier alpha value is -5.08. The van der Waals surface area contributed by atoms with E-state index in [9.17, 15) is 14.7 Å². The second-order valence-corrected chi connectivity index (χ2v) is 12.0. The third-order valence-corrected chi connectivity index (χ3v) is 8.39. The molecule has 0 aliphatic rings. The van der Waals surface area contributed by atoms with Crippen molar-refractivity contribution in [1.82, 2.24) is 9.97 Å². The number of benzene rings is 3. The van der Waals surface area contributed by atoms with E-state index in [1.807, 2.05) is 43.4 Å². The molecule has 12 nitrogen and oxygen atoms in total. The van der Waals surface area contributed by atoms with Crippen molar-refractivity contribution in [3.05, 3.63) is 90.1 Å². The van der Waals surface area contributed by atoms with Crippen LogP contribution < -0.4 is 15.0 Å². The Morgan fingerprint density at radius 2 is 1.39 bits per heavy atom. The summed E-state index contributed by atoms with van der Waals surface area (Å²) in [5.41, 5.74) is 4.61. The lowest BCUT2D eigenvalue weighted by Crippen LogP contribution is -2.15. The Morgan fingerprint density at radius 1 is 0.735 bits per heavy atom. The monoisotopic (exact) mass is 686 g/mol. The summed E-state index contributed by atoms with van der Waals surface area (Å²) in [6.45, 7) is 3.26. The minimum atomic E-state index is -1.33. The van der Waals surface area contributed by atoms with Crippen LogP contribution in [0.3, 0.4) is 0 Å². The number of carboxylic acid groups (broad SMARTS) is 2. The summed E-state index contributed by atoms with van der Waals surface area (Å²) in [5, 5.41) is 22.6. The number of hydrogen-bond donors (Lipinski definition) is 3. The molecule has 49 heavy (non-hydrogen) atoms. The molecule has 13 heteroatoms. The molecular formula is C36H38N4O8S. The van der Waals surface area contributed by atoms with Crippen molar-refractivity contribution in [2.24, 2.45) is 0 Å². The van der Waals surface area contributed by atoms with Crippen molar-refractivity contribution in [2.45, 2.75) is 0 Å². The third kappa shape index (κ3) is 9.97. The fourth-order valence-electron chi connectivity index (χ4n) is 4.79. The van der Waals surface area contributed by atoms with Crippen molar-refractivity contribution in [1.29, 1.82) is 0 Å². The predicted molar refractivity (Wildman–Crippen MR) is 189 cm³/mol. The van der Waals surface area contributed by atoms with Crippen molar-refractivity contribution in [2.75, 3.05) is 77.1 Å². The molecule has 0 fully saturated rings. The molecule has 0 amide bonds. The molecule has 0 saturated heterocycles. The first-order chi connectivity index (χ1) is 23.8. The van der Waals surface area contributed by atoms with E-state index in [4.69, 9.17) is 29.0 Å². The van der Waals surface area contributed by atoms with Gasteiger partial charge in [-0.25, -0.2) is 19.6 Å². The Labute approximate surface area is 287 Å². The second kappa shape index (κ2) is 17.4. The number of aromatic carboxylic acids is 2. The van der Waals surface area contributed by atoms with E-state index < -0.39 is 11.9 Å². The molecule has 256 valence electrons. The van der Waals surface area contributed by atoms with E-state index in [0.29, 0.717) is 39.6 Å². The minimum absolute atomic E-state index is 0.179. The van der Waals surface area contributed by atoms with Gasteiger partial charge in [-0.3, -0.25) is 0 Å². The largest absolute Gasteiger partial charge is 0.491 e. The van der Waals surface area contributed by atoms with Gasteiger partial charge in [0, 0.05) is 43.7 Å². The van der Waals surface area contributed by atoms with Crippen LogP contribution >= 0.6 is 11.3 Å². The van der Waals surface area contributed by atoms with E-state index in [1.165, 1.54) is 18.2 Å². The minimum Gasteiger partial charge on any atom is -0.491 e. The van der Waals surface area contributed by atoms with Crippen molar-refractivity contribution in [3.63, 3.8) is 0 Å². The second-order valence-electron chi connectivity index (χ2n) is 11.0. The first kappa shape index (κ1) is 35.2. The zero-order valence-corrected chi connectivity index (χ0v) is 28.1. The summed E-state index contributed by atoms with van der Waals surface area (Å²) in [7, 11) is 3.95. The molecule has 5 aromatic rings. The van der Waals surface area contributed by atoms with Crippen molar-refractivity contribution >= 4 is 45.0 Å². The smallest absolute Gasteiger partial charge is 0.336 e. The maximum atomic E-state index is 11.3. The highest BCUT2D eigenvalue weighted by Crippen LogP contribution is 2.33. The molecule has 0 atom stereocenters. The number of thiazole rings is 1. The van der Waals surface area contributed by atoms with E-state index in [2.05, 4.69) is 46.7 Å². The fourth-order valence-corrected chi connectivity index (χ4v) is 5.80. The number of ether oxygens (including phenoxy) is 4. The van der Waals surface area contributed by atoms with E-state index in [1.54, 1.807) is 11.3 Å². The van der Waals surface area contributed by atoms with Gasteiger partial charge in [0.2, 0.25) is 0 Å². The number of pyridine rings is 1. The van der Waals surface area contributed by atoms with Gasteiger partial charge in [-0.15, -0.1) is 11.3 Å². The molecule has 0 aliphatic carbocycles. The van der Waals surface area contributed by atoms with E-state index in [-0.39, 0.29) is 30.1 Å². The van der Waals surface area contributed by atoms with Crippen LogP contribution in [0.4, 0.5) is 11.5 Å². The highest BCUT2D eigenvalue weighted by atomic mass is 32.1. The molecular weight excluding hydrogens is 648 g/mol. The number of nitrogens with one attached hydrogen (secondary N) is 1. The van der Waals surface area contributed by atoms with Gasteiger partial charge >= 0.3 is 11.9 Å². The highest BCUT2D eigenvalue weighted by molar-refractivity contribution is 7.21. The van der Waals surface area contributed by atoms with Crippen molar-refractivity contribution in [3.8, 4) is 27.4 Å². The fraction of sp³-hybridized carbons (Fsp3) is 0.278. The number of aromatic nitrogens is 2. The van der Waals surface area contributed by atoms with Crippen LogP contribution in [0.25, 0.3) is 31.9 Å². The molecule has 3 aromatic carbocycles. The molecule has 0 unspecified atom stereocenters. The molecule has 5 rings (SSSR count). The molecule has 0 aliphatic heterocycles. The Balaban J connectivity index is 0.937. The van der Waals surface area contributed by atoms with Crippen LogP contribution in [-0.2, 0) is 14.2 Å². The zero-order valence-electron chi connectivity index (χ0n) is 27.3. The van der Waals surface area contributed by atoms with Gasteiger partial charge in [-0.1, -0.05) is 24.3 Å². The van der Waals surface area contributed by atoms with Crippen LogP contribution in [0.15, 0.2) is 79.0 Å². The number of rotatable bonds is 19. The molecule has 0 radical (unpaired) electrons. The summed E-state index contributed by atoms with van der Waals surface area (Å²) in [6, 6.07) is 22.5. The lowest BCUT2D eigenvalue weighted by atomic mass is 10.1. The van der Waals surface area contributed by atoms with Gasteiger partial charge in [0.25, 0.3) is 0 Å². The predicted octanol–water partition coefficient (Wildman–Crippen LogP) is 6.03. The number of anilines is 2. The number of hydrogen-bond acceptors (Lipinski definition) is 11. The standard InChI is InChI=1S/C36H38N4O8S/c1-40(2)33-12-7-26(23-38-33)24-3-5-25(6-4-24)34-39-31-11-8-27(21-32(31)49-34)37-13-14-45-15-16-46-17-18-47-19-20-48-28-9-10-29(35(41)42)30(22-28)36(43)44/h3-12,21-23,37H,13-20H2,1-2H3,(H,41,42)(H,43,44). The summed E-state index contributed by atoms with van der Waals surface area (Å²) in [6.07, 6.45) is 1.90. The number of carboxylic acids is 2. The summed E-state index contributed by atoms with van der Waals surface area (Å²) in [5.74, 6) is -1.46. The first-order valence-corrected chi connectivity index (χ1v) is 16.5. The Morgan fingerprint density at radius 3 is 2.04 bits per heavy atom. The molecule has 0 spiro atoms. The van der Waals surface area contributed by atoms with Gasteiger partial charge in [-0.05, 0) is 54.1 Å². The summed E-state index contributed by atoms with van der Waals surface area (Å²) >= 11 is 1.66. The molecule has 3 N–H and O–H groups in total. The number of carbonyl (C=O) groups is 2. The SMILES string of the molecule is CN(C)c1ccc(-c2ccc(-c3nc4ccc(NCCOCCOCCOCCOc5ccc(C(=O)O)c(C(=O)O)c5)cc4s3)cc2)cn1. The number of fused-ring (bicyclic) bond motifs is 1. The van der Waals surface area contributed by atoms with Crippen LogP contribution in [-0.4, -0.2) is 99.0 Å². The molecule has 2 heterocycles. The van der Waals surface area contributed by atoms with Gasteiger partial charge in [0.05, 0.1) is 61.0 Å². The quantitative estimate of drug-likeness (QED) is 0.0870. The molecule has 0 saturated carbocycles. The van der Waals surface area contributed by atoms with E-state index in [0.717, 1.165) is 43.4 Å².